The average Bonchev–Trinajstić information content (AvgIpc) is 3.14. The number of carbonyl (C=O) groups is 1. The molecule has 0 fully saturated rings. The van der Waals surface area contributed by atoms with Crippen LogP contribution in [-0.2, 0) is 17.9 Å². The summed E-state index contributed by atoms with van der Waals surface area (Å²) in [4.78, 5) is 25.0. The Labute approximate surface area is 179 Å². The molecule has 4 aromatic rings. The van der Waals surface area contributed by atoms with Crippen LogP contribution in [0.15, 0.2) is 70.2 Å². The van der Waals surface area contributed by atoms with E-state index in [0.717, 1.165) is 20.3 Å². The van der Waals surface area contributed by atoms with Gasteiger partial charge < -0.3 is 5.32 Å². The molecule has 0 aliphatic heterocycles. The summed E-state index contributed by atoms with van der Waals surface area (Å²) >= 11 is 9.34. The lowest BCUT2D eigenvalue weighted by atomic mass is 10.1. The van der Waals surface area contributed by atoms with Crippen molar-refractivity contribution in [2.75, 3.05) is 0 Å². The number of hydrogen-bond acceptors (Lipinski definition) is 4. The van der Waals surface area contributed by atoms with E-state index in [9.17, 15) is 9.59 Å². The first-order valence-corrected chi connectivity index (χ1v) is 9.89. The lowest BCUT2D eigenvalue weighted by Crippen LogP contribution is -2.34. The van der Waals surface area contributed by atoms with Gasteiger partial charge in [-0.2, -0.15) is 10.2 Å². The maximum atomic E-state index is 12.7. The van der Waals surface area contributed by atoms with E-state index in [4.69, 9.17) is 11.6 Å². The van der Waals surface area contributed by atoms with Crippen molar-refractivity contribution in [1.82, 2.24) is 24.7 Å². The molecular formula is C20H15BrClN5O2. The highest BCUT2D eigenvalue weighted by molar-refractivity contribution is 9.10. The summed E-state index contributed by atoms with van der Waals surface area (Å²) in [6.07, 6.45) is 1.42. The molecule has 0 unspecified atom stereocenters. The summed E-state index contributed by atoms with van der Waals surface area (Å²) in [7, 11) is 0. The Morgan fingerprint density at radius 3 is 2.69 bits per heavy atom. The van der Waals surface area contributed by atoms with Crippen molar-refractivity contribution in [1.29, 1.82) is 0 Å². The van der Waals surface area contributed by atoms with Gasteiger partial charge in [0, 0.05) is 21.6 Å². The summed E-state index contributed by atoms with van der Waals surface area (Å²) in [5, 5.41) is 11.8. The van der Waals surface area contributed by atoms with Crippen LogP contribution in [0.4, 0.5) is 0 Å². The maximum Gasteiger partial charge on any atom is 0.293 e. The number of amides is 1. The number of fused-ring (bicyclic) bond motifs is 1. The first kappa shape index (κ1) is 19.4. The van der Waals surface area contributed by atoms with Gasteiger partial charge in [0.15, 0.2) is 0 Å². The van der Waals surface area contributed by atoms with Crippen molar-refractivity contribution in [2.45, 2.75) is 13.1 Å². The van der Waals surface area contributed by atoms with Gasteiger partial charge in [-0.15, -0.1) is 0 Å². The van der Waals surface area contributed by atoms with Crippen LogP contribution in [0, 0.1) is 0 Å². The van der Waals surface area contributed by atoms with E-state index in [-0.39, 0.29) is 18.0 Å². The lowest BCUT2D eigenvalue weighted by molar-refractivity contribution is -0.122. The Balaban J connectivity index is 1.52. The number of nitrogens with zero attached hydrogens (tertiary/aromatic N) is 4. The van der Waals surface area contributed by atoms with Crippen LogP contribution in [0.3, 0.4) is 0 Å². The number of nitrogens with one attached hydrogen (secondary N) is 1. The van der Waals surface area contributed by atoms with Crippen LogP contribution in [0.5, 0.6) is 0 Å². The van der Waals surface area contributed by atoms with Crippen molar-refractivity contribution in [3.05, 3.63) is 86.3 Å². The van der Waals surface area contributed by atoms with Crippen LogP contribution < -0.4 is 10.9 Å². The van der Waals surface area contributed by atoms with E-state index in [2.05, 4.69) is 31.4 Å². The number of rotatable bonds is 5. The number of hydrogen-bond donors (Lipinski definition) is 1. The van der Waals surface area contributed by atoms with Crippen molar-refractivity contribution >= 4 is 39.0 Å². The summed E-state index contributed by atoms with van der Waals surface area (Å²) in [6.45, 7) is 0.130. The minimum Gasteiger partial charge on any atom is -0.350 e. The number of benzene rings is 2. The standard InChI is InChI=1S/C20H15BrClN5O2/c21-15-6-4-14(5-7-15)17-9-18-20(29)26(24-12-27(18)25-17)11-19(28)23-10-13-2-1-3-16(22)8-13/h1-9,12H,10-11H2,(H,23,28). The van der Waals surface area contributed by atoms with E-state index in [1.54, 1.807) is 18.2 Å². The van der Waals surface area contributed by atoms with Gasteiger partial charge in [-0.3, -0.25) is 9.59 Å². The second-order valence-corrected chi connectivity index (χ2v) is 7.72. The van der Waals surface area contributed by atoms with E-state index in [0.29, 0.717) is 22.8 Å². The topological polar surface area (TPSA) is 81.3 Å². The van der Waals surface area contributed by atoms with Gasteiger partial charge >= 0.3 is 0 Å². The predicted molar refractivity (Wildman–Crippen MR) is 114 cm³/mol. The molecule has 2 aromatic heterocycles. The second-order valence-electron chi connectivity index (χ2n) is 6.37. The fourth-order valence-electron chi connectivity index (χ4n) is 2.85. The first-order chi connectivity index (χ1) is 14.0. The summed E-state index contributed by atoms with van der Waals surface area (Å²) in [5.41, 5.74) is 2.36. The summed E-state index contributed by atoms with van der Waals surface area (Å²) in [5.74, 6) is -0.323. The molecule has 0 aliphatic carbocycles. The molecule has 0 saturated carbocycles. The average molecular weight is 473 g/mol. The molecule has 2 heterocycles. The van der Waals surface area contributed by atoms with Gasteiger partial charge in [0.1, 0.15) is 18.4 Å². The Kier molecular flexibility index (Phi) is 5.46. The van der Waals surface area contributed by atoms with Crippen molar-refractivity contribution in [2.24, 2.45) is 0 Å². The third-order valence-electron chi connectivity index (χ3n) is 4.30. The van der Waals surface area contributed by atoms with E-state index in [1.165, 1.54) is 10.8 Å². The molecule has 0 saturated heterocycles. The Bertz CT molecular complexity index is 1250. The van der Waals surface area contributed by atoms with Gasteiger partial charge in [-0.05, 0) is 35.9 Å². The number of aromatic nitrogens is 4. The van der Waals surface area contributed by atoms with Crippen LogP contribution in [0.2, 0.25) is 5.02 Å². The molecule has 29 heavy (non-hydrogen) atoms. The van der Waals surface area contributed by atoms with E-state index >= 15 is 0 Å². The van der Waals surface area contributed by atoms with Gasteiger partial charge in [0.05, 0.1) is 5.69 Å². The first-order valence-electron chi connectivity index (χ1n) is 8.72. The zero-order valence-corrected chi connectivity index (χ0v) is 17.4. The highest BCUT2D eigenvalue weighted by Gasteiger charge is 2.12. The highest BCUT2D eigenvalue weighted by Crippen LogP contribution is 2.20. The van der Waals surface area contributed by atoms with Crippen LogP contribution >= 0.6 is 27.5 Å². The molecule has 1 amide bonds. The van der Waals surface area contributed by atoms with Gasteiger partial charge in [-0.25, -0.2) is 9.20 Å². The monoisotopic (exact) mass is 471 g/mol. The van der Waals surface area contributed by atoms with E-state index < -0.39 is 0 Å². The molecule has 0 bridgehead atoms. The van der Waals surface area contributed by atoms with Crippen molar-refractivity contribution in [3.8, 4) is 11.3 Å². The Morgan fingerprint density at radius 2 is 1.93 bits per heavy atom. The van der Waals surface area contributed by atoms with Gasteiger partial charge in [0.25, 0.3) is 5.56 Å². The van der Waals surface area contributed by atoms with Crippen LogP contribution in [0.25, 0.3) is 16.8 Å². The molecular weight excluding hydrogens is 458 g/mol. The largest absolute Gasteiger partial charge is 0.350 e. The zero-order chi connectivity index (χ0) is 20.4. The molecule has 1 N–H and O–H groups in total. The second kappa shape index (κ2) is 8.18. The Morgan fingerprint density at radius 1 is 1.14 bits per heavy atom. The molecule has 0 spiro atoms. The smallest absolute Gasteiger partial charge is 0.293 e. The van der Waals surface area contributed by atoms with Crippen molar-refractivity contribution in [3.63, 3.8) is 0 Å². The molecule has 4 rings (SSSR count). The molecule has 9 heteroatoms. The van der Waals surface area contributed by atoms with Gasteiger partial charge in [-0.1, -0.05) is 51.8 Å². The number of halogens is 2. The van der Waals surface area contributed by atoms with Crippen LogP contribution in [-0.4, -0.2) is 25.3 Å². The molecule has 0 aliphatic rings. The highest BCUT2D eigenvalue weighted by atomic mass is 79.9. The third kappa shape index (κ3) is 4.38. The minimum absolute atomic E-state index is 0.186. The van der Waals surface area contributed by atoms with E-state index in [1.807, 2.05) is 36.4 Å². The lowest BCUT2D eigenvalue weighted by Gasteiger charge is -2.07. The summed E-state index contributed by atoms with van der Waals surface area (Å²) in [6, 6.07) is 16.5. The fourth-order valence-corrected chi connectivity index (χ4v) is 3.33. The summed E-state index contributed by atoms with van der Waals surface area (Å²) < 4.78 is 3.49. The molecule has 0 radical (unpaired) electrons. The van der Waals surface area contributed by atoms with Gasteiger partial charge in [0.2, 0.25) is 5.91 Å². The molecule has 7 nitrogen and oxygen atoms in total. The zero-order valence-electron chi connectivity index (χ0n) is 15.0. The maximum absolute atomic E-state index is 12.7. The van der Waals surface area contributed by atoms with Crippen molar-refractivity contribution < 1.29 is 4.79 Å². The fraction of sp³-hybridized carbons (Fsp3) is 0.100. The molecule has 2 aromatic carbocycles. The normalized spacial score (nSPS) is 11.0. The van der Waals surface area contributed by atoms with Crippen LogP contribution in [0.1, 0.15) is 5.56 Å². The third-order valence-corrected chi connectivity index (χ3v) is 5.07. The quantitative estimate of drug-likeness (QED) is 0.483. The minimum atomic E-state index is -0.388. The Hall–Kier alpha value is -2.97. The molecule has 0 atom stereocenters. The number of carbonyl (C=O) groups excluding carboxylic acids is 1. The SMILES string of the molecule is O=C(Cn1ncn2nc(-c3ccc(Br)cc3)cc2c1=O)NCc1cccc(Cl)c1. The predicted octanol–water partition coefficient (Wildman–Crippen LogP) is 3.29. The molecule has 146 valence electrons.